The second kappa shape index (κ2) is 11.1. The Morgan fingerprint density at radius 1 is 0.971 bits per heavy atom. The number of aromatic nitrogens is 4. The molecule has 3 heterocycles. The van der Waals surface area contributed by atoms with E-state index in [4.69, 9.17) is 21.4 Å². The lowest BCUT2D eigenvalue weighted by Gasteiger charge is -2.25. The molecule has 0 saturated heterocycles. The molecule has 1 saturated carbocycles. The van der Waals surface area contributed by atoms with Gasteiger partial charge in [-0.05, 0) is 68.7 Å². The molecule has 1 fully saturated rings. The van der Waals surface area contributed by atoms with Crippen LogP contribution in [0.5, 0.6) is 0 Å². The van der Waals surface area contributed by atoms with Crippen molar-refractivity contribution < 1.29 is 0 Å². The highest BCUT2D eigenvalue weighted by Gasteiger charge is 2.21. The first-order valence-electron chi connectivity index (χ1n) is 12.0. The van der Waals surface area contributed by atoms with E-state index in [0.29, 0.717) is 18.5 Å². The highest BCUT2D eigenvalue weighted by atomic mass is 35.5. The van der Waals surface area contributed by atoms with Gasteiger partial charge in [-0.15, -0.1) is 12.4 Å². The van der Waals surface area contributed by atoms with Gasteiger partial charge in [-0.3, -0.25) is 14.4 Å². The molecule has 34 heavy (non-hydrogen) atoms. The van der Waals surface area contributed by atoms with E-state index in [0.717, 1.165) is 54.1 Å². The van der Waals surface area contributed by atoms with Crippen LogP contribution in [0.4, 0.5) is 0 Å². The molecule has 1 unspecified atom stereocenters. The quantitative estimate of drug-likeness (QED) is 0.407. The molecule has 1 aliphatic rings. The molecule has 4 aromatic rings. The van der Waals surface area contributed by atoms with Gasteiger partial charge < -0.3 is 11.5 Å². The van der Waals surface area contributed by atoms with Crippen molar-refractivity contribution >= 4 is 18.1 Å². The molecular weight excluding hydrogens is 444 g/mol. The number of hydrogen-bond acceptors (Lipinski definition) is 5. The van der Waals surface area contributed by atoms with Gasteiger partial charge in [0.15, 0.2) is 5.65 Å². The highest BCUT2D eigenvalue weighted by molar-refractivity contribution is 5.85. The largest absolute Gasteiger partial charge is 0.330 e. The Bertz CT molecular complexity index is 1200. The Labute approximate surface area is 207 Å². The lowest BCUT2D eigenvalue weighted by atomic mass is 9.84. The minimum Gasteiger partial charge on any atom is -0.330 e. The van der Waals surface area contributed by atoms with Gasteiger partial charge in [-0.25, -0.2) is 4.98 Å². The number of halogens is 1. The van der Waals surface area contributed by atoms with Crippen LogP contribution < -0.4 is 11.5 Å². The third kappa shape index (κ3) is 5.30. The van der Waals surface area contributed by atoms with Gasteiger partial charge in [0.25, 0.3) is 0 Å². The maximum atomic E-state index is 6.10. The first-order chi connectivity index (χ1) is 16.2. The van der Waals surface area contributed by atoms with Gasteiger partial charge in [-0.2, -0.15) is 0 Å². The predicted octanol–water partition coefficient (Wildman–Crippen LogP) is 4.56. The number of fused-ring (bicyclic) bond motifs is 1. The van der Waals surface area contributed by atoms with E-state index in [-0.39, 0.29) is 18.3 Å². The van der Waals surface area contributed by atoms with Crippen LogP contribution in [0, 0.1) is 5.92 Å². The molecule has 6 nitrogen and oxygen atoms in total. The molecule has 1 aromatic carbocycles. The molecule has 7 heteroatoms. The zero-order valence-corrected chi connectivity index (χ0v) is 20.2. The highest BCUT2D eigenvalue weighted by Crippen LogP contribution is 2.28. The number of benzene rings is 1. The molecule has 0 spiro atoms. The number of nitrogens with two attached hydrogens (primary N) is 2. The van der Waals surface area contributed by atoms with Crippen molar-refractivity contribution in [3.63, 3.8) is 0 Å². The smallest absolute Gasteiger partial charge is 0.159 e. The normalized spacial score (nSPS) is 19.0. The molecule has 178 valence electrons. The maximum Gasteiger partial charge on any atom is 0.159 e. The first-order valence-corrected chi connectivity index (χ1v) is 12.0. The first kappa shape index (κ1) is 24.3. The van der Waals surface area contributed by atoms with Gasteiger partial charge >= 0.3 is 0 Å². The Morgan fingerprint density at radius 2 is 1.76 bits per heavy atom. The van der Waals surface area contributed by atoms with Crippen molar-refractivity contribution in [1.82, 2.24) is 19.4 Å². The average Bonchev–Trinajstić information content (AvgIpc) is 3.30. The van der Waals surface area contributed by atoms with E-state index >= 15 is 0 Å². The fourth-order valence-electron chi connectivity index (χ4n) is 5.02. The topological polar surface area (TPSA) is 95.1 Å². The summed E-state index contributed by atoms with van der Waals surface area (Å²) >= 11 is 0. The molecule has 0 radical (unpaired) electrons. The lowest BCUT2D eigenvalue weighted by Crippen LogP contribution is -2.27. The van der Waals surface area contributed by atoms with Crippen molar-refractivity contribution in [2.75, 3.05) is 6.54 Å². The van der Waals surface area contributed by atoms with Crippen LogP contribution in [0.1, 0.15) is 48.6 Å². The van der Waals surface area contributed by atoms with Gasteiger partial charge in [0.1, 0.15) is 0 Å². The molecule has 4 N–H and O–H groups in total. The summed E-state index contributed by atoms with van der Waals surface area (Å²) in [4.78, 5) is 14.4. The van der Waals surface area contributed by atoms with E-state index in [1.165, 1.54) is 18.4 Å². The van der Waals surface area contributed by atoms with Crippen molar-refractivity contribution in [1.29, 1.82) is 0 Å². The van der Waals surface area contributed by atoms with Crippen LogP contribution in [0.3, 0.4) is 0 Å². The van der Waals surface area contributed by atoms with Crippen LogP contribution in [0.25, 0.3) is 17.0 Å². The summed E-state index contributed by atoms with van der Waals surface area (Å²) < 4.78 is 2.13. The molecule has 3 aromatic heterocycles. The molecule has 0 aliphatic heterocycles. The molecule has 0 bridgehead atoms. The van der Waals surface area contributed by atoms with Gasteiger partial charge in [0, 0.05) is 30.0 Å². The fraction of sp³-hybridized carbons (Fsp3) is 0.370. The summed E-state index contributed by atoms with van der Waals surface area (Å²) in [7, 11) is 0. The van der Waals surface area contributed by atoms with Crippen molar-refractivity contribution in [3.05, 3.63) is 84.1 Å². The maximum absolute atomic E-state index is 6.10. The Kier molecular flexibility index (Phi) is 7.93. The monoisotopic (exact) mass is 476 g/mol. The summed E-state index contributed by atoms with van der Waals surface area (Å²) in [5.41, 5.74) is 18.4. The summed E-state index contributed by atoms with van der Waals surface area (Å²) in [6.45, 7) is 0.590. The number of nitrogens with zero attached hydrogens (tertiary/aromatic N) is 4. The summed E-state index contributed by atoms with van der Waals surface area (Å²) in [5.74, 6) is 0.881. The molecule has 1 aliphatic carbocycles. The number of pyridine rings is 1. The van der Waals surface area contributed by atoms with Crippen LogP contribution in [0.2, 0.25) is 0 Å². The zero-order valence-electron chi connectivity index (χ0n) is 19.4. The average molecular weight is 477 g/mol. The SMILES string of the molecule is Cl.NCC(Cc1cccc(-c2cnc3c(CC4CCC(N)CC4)nccn23)n1)c1ccccc1. The van der Waals surface area contributed by atoms with Crippen LogP contribution in [-0.4, -0.2) is 31.9 Å². The Balaban J connectivity index is 0.00000274. The van der Waals surface area contributed by atoms with E-state index in [1.807, 2.05) is 24.7 Å². The van der Waals surface area contributed by atoms with Gasteiger partial charge in [0.2, 0.25) is 0 Å². The lowest BCUT2D eigenvalue weighted by molar-refractivity contribution is 0.323. The second-order valence-corrected chi connectivity index (χ2v) is 9.26. The van der Waals surface area contributed by atoms with E-state index in [1.54, 1.807) is 0 Å². The predicted molar refractivity (Wildman–Crippen MR) is 139 cm³/mol. The third-order valence-electron chi connectivity index (χ3n) is 6.95. The summed E-state index contributed by atoms with van der Waals surface area (Å²) in [6.07, 6.45) is 12.1. The van der Waals surface area contributed by atoms with Gasteiger partial charge in [-0.1, -0.05) is 36.4 Å². The standard InChI is InChI=1S/C27H32N6.ClH/c28-17-21(20-5-2-1-3-6-20)16-23-7-4-8-24(32-23)26-18-31-27-25(30-13-14-33(26)27)15-19-9-11-22(29)12-10-19;/h1-8,13-14,18-19,21-22H,9-12,15-17,28-29H2;1H. The van der Waals surface area contributed by atoms with Crippen LogP contribution in [0.15, 0.2) is 67.1 Å². The third-order valence-corrected chi connectivity index (χ3v) is 6.95. The van der Waals surface area contributed by atoms with Crippen LogP contribution in [-0.2, 0) is 12.8 Å². The minimum absolute atomic E-state index is 0. The Morgan fingerprint density at radius 3 is 2.53 bits per heavy atom. The molecule has 1 atom stereocenters. The van der Waals surface area contributed by atoms with Crippen molar-refractivity contribution in [2.45, 2.75) is 50.5 Å². The van der Waals surface area contributed by atoms with E-state index < -0.39 is 0 Å². The Hall–Kier alpha value is -2.80. The minimum atomic E-state index is 0. The molecule has 5 rings (SSSR count). The van der Waals surface area contributed by atoms with Crippen LogP contribution >= 0.6 is 12.4 Å². The van der Waals surface area contributed by atoms with Gasteiger partial charge in [0.05, 0.1) is 23.3 Å². The van der Waals surface area contributed by atoms with E-state index in [2.05, 4.69) is 51.8 Å². The van der Waals surface area contributed by atoms with Crippen molar-refractivity contribution in [2.24, 2.45) is 17.4 Å². The number of hydrogen-bond donors (Lipinski definition) is 2. The molecule has 0 amide bonds. The van der Waals surface area contributed by atoms with E-state index in [9.17, 15) is 0 Å². The number of imidazole rings is 1. The summed E-state index contributed by atoms with van der Waals surface area (Å²) in [5, 5.41) is 0. The number of rotatable bonds is 7. The molecular formula is C27H33ClN6. The zero-order chi connectivity index (χ0) is 22.6. The summed E-state index contributed by atoms with van der Waals surface area (Å²) in [6, 6.07) is 17.0. The second-order valence-electron chi connectivity index (χ2n) is 9.26. The fourth-order valence-corrected chi connectivity index (χ4v) is 5.02. The van der Waals surface area contributed by atoms with Crippen molar-refractivity contribution in [3.8, 4) is 11.4 Å².